The average Bonchev–Trinajstić information content (AvgIpc) is 2.91. The van der Waals surface area contributed by atoms with Crippen molar-refractivity contribution >= 4 is 6.88 Å². The van der Waals surface area contributed by atoms with Crippen molar-refractivity contribution in [3.05, 3.63) is 66.3 Å². The van der Waals surface area contributed by atoms with Crippen LogP contribution in [0.1, 0.15) is 6.42 Å². The number of fused-ring (bicyclic) bond motifs is 1. The van der Waals surface area contributed by atoms with Gasteiger partial charge in [0.25, 0.3) is 0 Å². The molecule has 21 heavy (non-hydrogen) atoms. The number of rotatable bonds is 2. The van der Waals surface area contributed by atoms with Gasteiger partial charge in [-0.25, -0.2) is 0 Å². The van der Waals surface area contributed by atoms with Gasteiger partial charge in [0.15, 0.2) is 0 Å². The number of hydrogen-bond acceptors (Lipinski definition) is 0. The van der Waals surface area contributed by atoms with E-state index in [1.54, 1.807) is 6.56 Å². The van der Waals surface area contributed by atoms with E-state index in [4.69, 9.17) is 0 Å². The molecule has 0 fully saturated rings. The second kappa shape index (κ2) is 2.10. The molecule has 0 saturated carbocycles. The molecule has 0 N–H and O–H groups in total. The minimum atomic E-state index is -5.12. The zero-order chi connectivity index (χ0) is 16.0. The van der Waals surface area contributed by atoms with E-state index >= 15 is 0 Å². The van der Waals surface area contributed by atoms with Crippen molar-refractivity contribution in [1.29, 1.82) is 0 Å². The van der Waals surface area contributed by atoms with Crippen molar-refractivity contribution in [3.8, 4) is 0 Å². The Bertz CT molecular complexity index is 980. The fraction of sp³-hybridized carbons (Fsp3) is 0.368. The Balaban J connectivity index is 2.56. The molecule has 0 spiro atoms. The Morgan fingerprint density at radius 1 is 0.857 bits per heavy atom. The molecule has 3 aliphatic rings. The summed E-state index contributed by atoms with van der Waals surface area (Å²) in [4.78, 5) is 0. The van der Waals surface area contributed by atoms with Gasteiger partial charge in [0.1, 0.15) is 0 Å². The average molecular weight is 378 g/mol. The van der Waals surface area contributed by atoms with Gasteiger partial charge in [-0.1, -0.05) is 0 Å². The van der Waals surface area contributed by atoms with Crippen LogP contribution in [0.5, 0.6) is 0 Å². The van der Waals surface area contributed by atoms with Gasteiger partial charge in [-0.15, -0.1) is 0 Å². The Morgan fingerprint density at radius 2 is 1.52 bits per heavy atom. The van der Waals surface area contributed by atoms with Crippen LogP contribution in [0, 0.1) is 0 Å². The van der Waals surface area contributed by atoms with Gasteiger partial charge in [0.2, 0.25) is 0 Å². The van der Waals surface area contributed by atoms with Crippen LogP contribution >= 0.6 is 0 Å². The van der Waals surface area contributed by atoms with Crippen LogP contribution in [0.15, 0.2) is 66.3 Å². The van der Waals surface area contributed by atoms with Crippen molar-refractivity contribution in [2.24, 2.45) is 0 Å². The topological polar surface area (TPSA) is 0 Å². The van der Waals surface area contributed by atoms with Crippen molar-refractivity contribution < 1.29 is 11.5 Å². The second-order valence-corrected chi connectivity index (χ2v) is 113. The Labute approximate surface area is 118 Å². The molecule has 0 radical (unpaired) electrons. The molecule has 114 valence electrons. The van der Waals surface area contributed by atoms with Crippen molar-refractivity contribution in [1.82, 2.24) is 0 Å². The molecule has 3 aliphatic carbocycles. The van der Waals surface area contributed by atoms with Crippen LogP contribution in [-0.4, -0.2) is 6.88 Å². The molecule has 0 aliphatic heterocycles. The van der Waals surface area contributed by atoms with Gasteiger partial charge in [-0.05, 0) is 0 Å². The summed E-state index contributed by atoms with van der Waals surface area (Å²) in [7, 11) is 0. The first-order valence-corrected chi connectivity index (χ1v) is 31.4. The Kier molecular flexibility index (Phi) is 1.54. The van der Waals surface area contributed by atoms with Crippen molar-refractivity contribution in [2.75, 3.05) is 0 Å². The summed E-state index contributed by atoms with van der Waals surface area (Å²) in [5.41, 5.74) is 2.81. The molecule has 0 amide bonds. The molecular weight excluding hydrogens is 348 g/mol. The molecular formula is C19H30SiZr. The van der Waals surface area contributed by atoms with Gasteiger partial charge in [-0.2, -0.15) is 0 Å². The summed E-state index contributed by atoms with van der Waals surface area (Å²) in [6.07, 6.45) is 19.4. The summed E-state index contributed by atoms with van der Waals surface area (Å²) in [6, 6.07) is 0. The molecule has 0 atom stereocenters. The van der Waals surface area contributed by atoms with E-state index in [9.17, 15) is 0 Å². The molecule has 0 bridgehead atoms. The number of allylic oxidation sites excluding steroid dienone is 12. The van der Waals surface area contributed by atoms with E-state index in [0.717, 1.165) is 6.42 Å². The summed E-state index contributed by atoms with van der Waals surface area (Å²) in [5.74, 6) is 0. The zero-order valence-electron chi connectivity index (χ0n) is 14.5. The summed E-state index contributed by atoms with van der Waals surface area (Å²) >= 11 is -5.12. The first-order chi connectivity index (χ1) is 8.83. The van der Waals surface area contributed by atoms with Gasteiger partial charge >= 0.3 is 119 Å². The second-order valence-electron chi connectivity index (χ2n) is 16.6. The maximum atomic E-state index is 2.61. The predicted molar refractivity (Wildman–Crippen MR) is 99.0 cm³/mol. The van der Waals surface area contributed by atoms with Gasteiger partial charge in [-0.3, -0.25) is 0 Å². The van der Waals surface area contributed by atoms with E-state index < -0.39 is 11.5 Å². The molecule has 0 nitrogen and oxygen atoms in total. The van der Waals surface area contributed by atoms with E-state index in [2.05, 4.69) is 83.3 Å². The molecule has 0 aromatic rings. The fourth-order valence-corrected chi connectivity index (χ4v) is 24.4. The molecule has 3 rings (SSSR count). The van der Waals surface area contributed by atoms with Gasteiger partial charge in [0, 0.05) is 0 Å². The Hall–Kier alpha value is -0.460. The molecule has 0 saturated heterocycles. The van der Waals surface area contributed by atoms with Crippen LogP contribution in [-0.2, 0) is 11.5 Å². The zero-order valence-corrected chi connectivity index (χ0v) is 18.4. The van der Waals surface area contributed by atoms with Crippen LogP contribution < -0.4 is 0 Å². The molecule has 2 heteroatoms. The molecule has 0 aromatic heterocycles. The summed E-state index contributed by atoms with van der Waals surface area (Å²) < 4.78 is 18.8. The third-order valence-electron chi connectivity index (χ3n) is 6.60. The fourth-order valence-electron chi connectivity index (χ4n) is 4.62. The predicted octanol–water partition coefficient (Wildman–Crippen LogP) is 5.82. The first kappa shape index (κ1) is 15.4. The van der Waals surface area contributed by atoms with Gasteiger partial charge in [0.05, 0.1) is 0 Å². The van der Waals surface area contributed by atoms with E-state index in [1.165, 1.54) is 11.1 Å². The Morgan fingerprint density at radius 3 is 2.10 bits per heavy atom. The van der Waals surface area contributed by atoms with Crippen LogP contribution in [0.3, 0.4) is 0 Å². The third kappa shape index (κ3) is 1.82. The maximum absolute atomic E-state index is 5.12. The number of hydrogen-bond donors (Lipinski definition) is 0. The van der Waals surface area contributed by atoms with Crippen LogP contribution in [0.2, 0.25) is 27.8 Å². The van der Waals surface area contributed by atoms with E-state index in [0.29, 0.717) is 0 Å². The van der Waals surface area contributed by atoms with Crippen LogP contribution in [0.25, 0.3) is 0 Å². The van der Waals surface area contributed by atoms with Crippen molar-refractivity contribution in [2.45, 2.75) is 34.2 Å². The van der Waals surface area contributed by atoms with Gasteiger partial charge < -0.3 is 0 Å². The van der Waals surface area contributed by atoms with Crippen LogP contribution in [0.4, 0.5) is 0 Å². The summed E-state index contributed by atoms with van der Waals surface area (Å²) in [5, 5.41) is 0. The standard InChI is InChI=1S/C8H5.C5H5.6CH3.H2Si.Zr/c1-3-7-5-2-6-8(7)4-1;1-2-4-5-3-1;;;;;;;;/h1-5H;1-3H,4H2;6*1H3;1H2;. The van der Waals surface area contributed by atoms with Crippen molar-refractivity contribution in [3.63, 3.8) is 0 Å². The minimum absolute atomic E-state index is 1.07. The summed E-state index contributed by atoms with van der Waals surface area (Å²) in [6.45, 7) is 2.30. The molecule has 0 heterocycles. The third-order valence-corrected chi connectivity index (χ3v) is 34.4. The molecule has 0 unspecified atom stereocenters. The molecule has 0 aromatic carbocycles. The normalized spacial score (nSPS) is 30.5. The quantitative estimate of drug-likeness (QED) is 0.532. The first-order valence-electron chi connectivity index (χ1n) is 8.23. The van der Waals surface area contributed by atoms with E-state index in [1.807, 2.05) is 0 Å². The monoisotopic (exact) mass is 376 g/mol. The SMILES string of the molecule is [CH3][Zr]([CH3])([CH3])([CH3])([CH3])([CH3])(=[SiH2])([C]1=CC=CC1)[C]1=CC=C2C=CC=C21. The van der Waals surface area contributed by atoms with E-state index in [-0.39, 0.29) is 0 Å².